The molecule has 5 nitrogen and oxygen atoms in total. The van der Waals surface area contributed by atoms with Crippen molar-refractivity contribution in [3.05, 3.63) is 35.9 Å². The Morgan fingerprint density at radius 1 is 1.22 bits per heavy atom. The highest BCUT2D eigenvalue weighted by Gasteiger charge is 2.09. The van der Waals surface area contributed by atoms with E-state index in [1.54, 1.807) is 20.0 Å². The van der Waals surface area contributed by atoms with Gasteiger partial charge in [0, 0.05) is 25.2 Å². The molecule has 0 saturated heterocycles. The lowest BCUT2D eigenvalue weighted by Gasteiger charge is -2.14. The highest BCUT2D eigenvalue weighted by Crippen LogP contribution is 2.19. The zero-order chi connectivity index (χ0) is 17.1. The number of ether oxygens (including phenoxy) is 2. The number of benzene rings is 1. The topological polar surface area (TPSA) is 55.8 Å². The van der Waals surface area contributed by atoms with Gasteiger partial charge in [0.25, 0.3) is 0 Å². The molecular formula is C18H25NO4. The number of hydrogen-bond acceptors (Lipinski definition) is 4. The van der Waals surface area contributed by atoms with Crippen molar-refractivity contribution < 1.29 is 19.1 Å². The Kier molecular flexibility index (Phi) is 8.50. The van der Waals surface area contributed by atoms with Crippen LogP contribution in [0.5, 0.6) is 5.75 Å². The van der Waals surface area contributed by atoms with E-state index in [2.05, 4.69) is 0 Å². The van der Waals surface area contributed by atoms with Crippen LogP contribution in [0.15, 0.2) is 30.3 Å². The monoisotopic (exact) mass is 319 g/mol. The predicted octanol–water partition coefficient (Wildman–Crippen LogP) is 2.90. The van der Waals surface area contributed by atoms with E-state index in [9.17, 15) is 9.59 Å². The Balaban J connectivity index is 2.59. The molecule has 0 aliphatic rings. The SMILES string of the molecule is CCCOc1ccccc1/C=C/C(=O)N(C)CCC(=O)OCC. The van der Waals surface area contributed by atoms with Gasteiger partial charge in [-0.15, -0.1) is 0 Å². The quantitative estimate of drug-likeness (QED) is 0.519. The van der Waals surface area contributed by atoms with Crippen molar-refractivity contribution in [3.63, 3.8) is 0 Å². The first-order valence-corrected chi connectivity index (χ1v) is 7.89. The molecule has 1 aromatic carbocycles. The molecule has 1 rings (SSSR count). The number of nitrogens with zero attached hydrogens (tertiary/aromatic N) is 1. The summed E-state index contributed by atoms with van der Waals surface area (Å²) in [6.45, 7) is 5.12. The van der Waals surface area contributed by atoms with Crippen LogP contribution in [0.3, 0.4) is 0 Å². The van der Waals surface area contributed by atoms with Crippen LogP contribution in [-0.2, 0) is 14.3 Å². The van der Waals surface area contributed by atoms with Gasteiger partial charge >= 0.3 is 5.97 Å². The molecule has 1 aromatic rings. The molecule has 0 aliphatic heterocycles. The lowest BCUT2D eigenvalue weighted by molar-refractivity contribution is -0.143. The molecule has 0 fully saturated rings. The second-order valence-electron chi connectivity index (χ2n) is 5.03. The van der Waals surface area contributed by atoms with E-state index in [1.165, 1.54) is 11.0 Å². The number of amides is 1. The number of carbonyl (C=O) groups excluding carboxylic acids is 2. The van der Waals surface area contributed by atoms with E-state index < -0.39 is 0 Å². The summed E-state index contributed by atoms with van der Waals surface area (Å²) in [6, 6.07) is 7.57. The molecule has 0 heterocycles. The first-order chi connectivity index (χ1) is 11.1. The average Bonchev–Trinajstić information content (AvgIpc) is 2.56. The second-order valence-corrected chi connectivity index (χ2v) is 5.03. The molecule has 0 atom stereocenters. The van der Waals surface area contributed by atoms with E-state index in [0.29, 0.717) is 19.8 Å². The number of carbonyl (C=O) groups is 2. The second kappa shape index (κ2) is 10.4. The van der Waals surface area contributed by atoms with Crippen LogP contribution < -0.4 is 4.74 Å². The molecule has 0 aromatic heterocycles. The Morgan fingerprint density at radius 2 is 1.96 bits per heavy atom. The van der Waals surface area contributed by atoms with Gasteiger partial charge in [-0.25, -0.2) is 0 Å². The number of likely N-dealkylation sites (N-methyl/N-ethyl adjacent to an activating group) is 1. The van der Waals surface area contributed by atoms with Gasteiger partial charge in [-0.2, -0.15) is 0 Å². The highest BCUT2D eigenvalue weighted by atomic mass is 16.5. The largest absolute Gasteiger partial charge is 0.493 e. The molecule has 0 unspecified atom stereocenters. The van der Waals surface area contributed by atoms with Gasteiger partial charge in [-0.3, -0.25) is 9.59 Å². The van der Waals surface area contributed by atoms with Crippen molar-refractivity contribution in [2.24, 2.45) is 0 Å². The van der Waals surface area contributed by atoms with Gasteiger partial charge in [0.2, 0.25) is 5.91 Å². The van der Waals surface area contributed by atoms with E-state index in [-0.39, 0.29) is 18.3 Å². The summed E-state index contributed by atoms with van der Waals surface area (Å²) in [5.41, 5.74) is 0.855. The standard InChI is InChI=1S/C18H25NO4/c1-4-14-23-16-9-7-6-8-15(16)10-11-17(20)19(3)13-12-18(21)22-5-2/h6-11H,4-5,12-14H2,1-3H3/b11-10+. The van der Waals surface area contributed by atoms with Crippen LogP contribution in [-0.4, -0.2) is 43.6 Å². The third-order valence-electron chi connectivity index (χ3n) is 3.12. The van der Waals surface area contributed by atoms with E-state index in [4.69, 9.17) is 9.47 Å². The number of rotatable bonds is 9. The van der Waals surface area contributed by atoms with Gasteiger partial charge < -0.3 is 14.4 Å². The van der Waals surface area contributed by atoms with E-state index in [0.717, 1.165) is 17.7 Å². The average molecular weight is 319 g/mol. The summed E-state index contributed by atoms with van der Waals surface area (Å²) in [7, 11) is 1.66. The highest BCUT2D eigenvalue weighted by molar-refractivity contribution is 5.92. The Morgan fingerprint density at radius 3 is 2.65 bits per heavy atom. The molecule has 5 heteroatoms. The first kappa shape index (κ1) is 18.7. The smallest absolute Gasteiger partial charge is 0.307 e. The molecule has 0 spiro atoms. The van der Waals surface area contributed by atoms with Gasteiger partial charge in [-0.1, -0.05) is 25.1 Å². The molecule has 0 saturated carbocycles. The number of esters is 1. The normalized spacial score (nSPS) is 10.6. The summed E-state index contributed by atoms with van der Waals surface area (Å²) in [6.07, 6.45) is 4.33. The minimum absolute atomic E-state index is 0.167. The first-order valence-electron chi connectivity index (χ1n) is 7.89. The number of hydrogen-bond donors (Lipinski definition) is 0. The lowest BCUT2D eigenvalue weighted by Crippen LogP contribution is -2.27. The minimum atomic E-state index is -0.297. The molecular weight excluding hydrogens is 294 g/mol. The summed E-state index contributed by atoms with van der Waals surface area (Å²) in [4.78, 5) is 24.8. The lowest BCUT2D eigenvalue weighted by atomic mass is 10.2. The minimum Gasteiger partial charge on any atom is -0.493 e. The Bertz CT molecular complexity index is 540. The van der Waals surface area contributed by atoms with Crippen molar-refractivity contribution in [3.8, 4) is 5.75 Å². The fraction of sp³-hybridized carbons (Fsp3) is 0.444. The maximum absolute atomic E-state index is 12.1. The zero-order valence-electron chi connectivity index (χ0n) is 14.1. The summed E-state index contributed by atoms with van der Waals surface area (Å²) in [5, 5.41) is 0. The molecule has 0 aliphatic carbocycles. The molecule has 23 heavy (non-hydrogen) atoms. The van der Waals surface area contributed by atoms with Gasteiger partial charge in [0.15, 0.2) is 0 Å². The van der Waals surface area contributed by atoms with Crippen LogP contribution >= 0.6 is 0 Å². The van der Waals surface area contributed by atoms with Gasteiger partial charge in [0.05, 0.1) is 19.6 Å². The Labute approximate surface area is 137 Å². The van der Waals surface area contributed by atoms with Gasteiger partial charge in [-0.05, 0) is 25.5 Å². The van der Waals surface area contributed by atoms with Crippen molar-refractivity contribution >= 4 is 18.0 Å². The molecule has 1 amide bonds. The zero-order valence-corrected chi connectivity index (χ0v) is 14.1. The van der Waals surface area contributed by atoms with Crippen LogP contribution in [0.25, 0.3) is 6.08 Å². The van der Waals surface area contributed by atoms with E-state index in [1.807, 2.05) is 31.2 Å². The maximum Gasteiger partial charge on any atom is 0.307 e. The summed E-state index contributed by atoms with van der Waals surface area (Å²) < 4.78 is 10.5. The number of para-hydroxylation sites is 1. The fourth-order valence-corrected chi connectivity index (χ4v) is 1.85. The van der Waals surface area contributed by atoms with Gasteiger partial charge in [0.1, 0.15) is 5.75 Å². The van der Waals surface area contributed by atoms with Crippen LogP contribution in [0.2, 0.25) is 0 Å². The third kappa shape index (κ3) is 7.00. The van der Waals surface area contributed by atoms with Crippen molar-refractivity contribution in [1.82, 2.24) is 4.90 Å². The predicted molar refractivity (Wildman–Crippen MR) is 90.1 cm³/mol. The Hall–Kier alpha value is -2.30. The summed E-state index contributed by atoms with van der Waals surface area (Å²) >= 11 is 0. The van der Waals surface area contributed by atoms with E-state index >= 15 is 0 Å². The maximum atomic E-state index is 12.1. The van der Waals surface area contributed by atoms with Crippen LogP contribution in [0.1, 0.15) is 32.3 Å². The van der Waals surface area contributed by atoms with Crippen molar-refractivity contribution in [2.75, 3.05) is 26.8 Å². The molecule has 0 radical (unpaired) electrons. The molecule has 0 bridgehead atoms. The van der Waals surface area contributed by atoms with Crippen LogP contribution in [0.4, 0.5) is 0 Å². The van der Waals surface area contributed by atoms with Crippen LogP contribution in [0, 0.1) is 0 Å². The summed E-state index contributed by atoms with van der Waals surface area (Å²) in [5.74, 6) is 0.293. The fourth-order valence-electron chi connectivity index (χ4n) is 1.85. The molecule has 126 valence electrons. The van der Waals surface area contributed by atoms with Crippen molar-refractivity contribution in [2.45, 2.75) is 26.7 Å². The molecule has 0 N–H and O–H groups in total. The van der Waals surface area contributed by atoms with Crippen molar-refractivity contribution in [1.29, 1.82) is 0 Å². The third-order valence-corrected chi connectivity index (χ3v) is 3.12.